The van der Waals surface area contributed by atoms with Gasteiger partial charge in [-0.15, -0.1) is 0 Å². The highest BCUT2D eigenvalue weighted by atomic mass is 16.5. The standard InChI is InChI=1S/C14H18N2O2/c1-5-12-11(9-16(2)15-12)10-7-6-8-13(17-3)14(10)18-4/h6-9H,5H2,1-4H3. The fourth-order valence-corrected chi connectivity index (χ4v) is 2.12. The second-order valence-electron chi connectivity index (χ2n) is 4.06. The molecule has 1 heterocycles. The molecule has 4 nitrogen and oxygen atoms in total. The molecule has 0 saturated heterocycles. The topological polar surface area (TPSA) is 36.3 Å². The van der Waals surface area contributed by atoms with Gasteiger partial charge in [0.1, 0.15) is 0 Å². The molecule has 96 valence electrons. The lowest BCUT2D eigenvalue weighted by molar-refractivity contribution is 0.356. The molecule has 0 aliphatic rings. The third-order valence-electron chi connectivity index (χ3n) is 2.93. The van der Waals surface area contributed by atoms with Gasteiger partial charge < -0.3 is 9.47 Å². The molecule has 0 aliphatic carbocycles. The predicted octanol–water partition coefficient (Wildman–Crippen LogP) is 2.67. The average Bonchev–Trinajstić information content (AvgIpc) is 2.78. The number of ether oxygens (including phenoxy) is 2. The molecular formula is C14H18N2O2. The summed E-state index contributed by atoms with van der Waals surface area (Å²) in [7, 11) is 5.23. The van der Waals surface area contributed by atoms with Crippen molar-refractivity contribution in [1.29, 1.82) is 0 Å². The Bertz CT molecular complexity index is 547. The summed E-state index contributed by atoms with van der Waals surface area (Å²) in [5, 5.41) is 4.46. The molecular weight excluding hydrogens is 228 g/mol. The number of hydrogen-bond donors (Lipinski definition) is 0. The molecule has 1 aromatic heterocycles. The van der Waals surface area contributed by atoms with Gasteiger partial charge in [-0.2, -0.15) is 5.10 Å². The minimum absolute atomic E-state index is 0.737. The van der Waals surface area contributed by atoms with E-state index in [9.17, 15) is 0 Å². The fraction of sp³-hybridized carbons (Fsp3) is 0.357. The highest BCUT2D eigenvalue weighted by molar-refractivity contribution is 5.75. The van der Waals surface area contributed by atoms with Crippen LogP contribution in [-0.4, -0.2) is 24.0 Å². The summed E-state index contributed by atoms with van der Waals surface area (Å²) < 4.78 is 12.6. The molecule has 2 rings (SSSR count). The van der Waals surface area contributed by atoms with E-state index in [1.54, 1.807) is 14.2 Å². The molecule has 0 bridgehead atoms. The molecule has 0 saturated carbocycles. The normalized spacial score (nSPS) is 10.4. The lowest BCUT2D eigenvalue weighted by atomic mass is 10.0. The summed E-state index contributed by atoms with van der Waals surface area (Å²) >= 11 is 0. The fourth-order valence-electron chi connectivity index (χ4n) is 2.12. The molecule has 0 aliphatic heterocycles. The highest BCUT2D eigenvalue weighted by Crippen LogP contribution is 2.38. The number of aryl methyl sites for hydroxylation is 2. The van der Waals surface area contributed by atoms with Gasteiger partial charge in [-0.3, -0.25) is 4.68 Å². The minimum Gasteiger partial charge on any atom is -0.493 e. The molecule has 1 aromatic carbocycles. The van der Waals surface area contributed by atoms with E-state index < -0.39 is 0 Å². The second kappa shape index (κ2) is 5.12. The number of aromatic nitrogens is 2. The first-order chi connectivity index (χ1) is 8.71. The Morgan fingerprint density at radius 2 is 1.94 bits per heavy atom. The second-order valence-corrected chi connectivity index (χ2v) is 4.06. The van der Waals surface area contributed by atoms with Crippen molar-refractivity contribution in [3.8, 4) is 22.6 Å². The summed E-state index contributed by atoms with van der Waals surface area (Å²) in [6.07, 6.45) is 2.90. The van der Waals surface area contributed by atoms with Gasteiger partial charge >= 0.3 is 0 Å². The third-order valence-corrected chi connectivity index (χ3v) is 2.93. The van der Waals surface area contributed by atoms with Gasteiger partial charge in [0.15, 0.2) is 11.5 Å². The highest BCUT2D eigenvalue weighted by Gasteiger charge is 2.16. The van der Waals surface area contributed by atoms with E-state index in [4.69, 9.17) is 9.47 Å². The Morgan fingerprint density at radius 1 is 1.17 bits per heavy atom. The minimum atomic E-state index is 0.737. The van der Waals surface area contributed by atoms with Crippen molar-refractivity contribution >= 4 is 0 Å². The molecule has 0 unspecified atom stereocenters. The SMILES string of the molecule is CCc1nn(C)cc1-c1cccc(OC)c1OC. The first-order valence-corrected chi connectivity index (χ1v) is 5.95. The van der Waals surface area contributed by atoms with E-state index in [0.29, 0.717) is 0 Å². The molecule has 0 atom stereocenters. The molecule has 4 heteroatoms. The van der Waals surface area contributed by atoms with Crippen molar-refractivity contribution in [3.63, 3.8) is 0 Å². The Kier molecular flexibility index (Phi) is 3.55. The zero-order valence-corrected chi connectivity index (χ0v) is 11.2. The van der Waals surface area contributed by atoms with Crippen molar-refractivity contribution in [2.45, 2.75) is 13.3 Å². The van der Waals surface area contributed by atoms with Crippen molar-refractivity contribution in [2.24, 2.45) is 7.05 Å². The van der Waals surface area contributed by atoms with Gasteiger partial charge in [-0.05, 0) is 12.5 Å². The van der Waals surface area contributed by atoms with Crippen molar-refractivity contribution in [2.75, 3.05) is 14.2 Å². The molecule has 0 N–H and O–H groups in total. The van der Waals surface area contributed by atoms with Crippen molar-refractivity contribution in [3.05, 3.63) is 30.1 Å². The summed E-state index contributed by atoms with van der Waals surface area (Å²) in [6.45, 7) is 2.10. The maximum absolute atomic E-state index is 5.47. The third kappa shape index (κ3) is 2.06. The summed E-state index contributed by atoms with van der Waals surface area (Å²) in [4.78, 5) is 0. The lowest BCUT2D eigenvalue weighted by Crippen LogP contribution is -1.94. The molecule has 0 radical (unpaired) electrons. The van der Waals surface area contributed by atoms with Crippen LogP contribution in [0.15, 0.2) is 24.4 Å². The molecule has 0 amide bonds. The summed E-state index contributed by atoms with van der Waals surface area (Å²) in [5.74, 6) is 1.49. The van der Waals surface area contributed by atoms with E-state index in [-0.39, 0.29) is 0 Å². The van der Waals surface area contributed by atoms with Gasteiger partial charge in [-0.1, -0.05) is 19.1 Å². The van der Waals surface area contributed by atoms with Crippen LogP contribution in [0.1, 0.15) is 12.6 Å². The van der Waals surface area contributed by atoms with E-state index >= 15 is 0 Å². The zero-order valence-electron chi connectivity index (χ0n) is 11.2. The van der Waals surface area contributed by atoms with Gasteiger partial charge in [0.25, 0.3) is 0 Å². The smallest absolute Gasteiger partial charge is 0.168 e. The Hall–Kier alpha value is -1.97. The summed E-state index contributed by atoms with van der Waals surface area (Å²) in [6, 6.07) is 5.88. The van der Waals surface area contributed by atoms with E-state index in [1.165, 1.54) is 0 Å². The van der Waals surface area contributed by atoms with Crippen LogP contribution >= 0.6 is 0 Å². The first kappa shape index (κ1) is 12.5. The molecule has 0 fully saturated rings. The van der Waals surface area contributed by atoms with Crippen LogP contribution in [0.25, 0.3) is 11.1 Å². The van der Waals surface area contributed by atoms with E-state index in [1.807, 2.05) is 36.1 Å². The van der Waals surface area contributed by atoms with Crippen LogP contribution in [0.3, 0.4) is 0 Å². The quantitative estimate of drug-likeness (QED) is 0.832. The monoisotopic (exact) mass is 246 g/mol. The van der Waals surface area contributed by atoms with Gasteiger partial charge in [0, 0.05) is 24.4 Å². The number of rotatable bonds is 4. The first-order valence-electron chi connectivity index (χ1n) is 5.95. The van der Waals surface area contributed by atoms with Crippen LogP contribution in [0, 0.1) is 0 Å². The molecule has 0 spiro atoms. The number of nitrogens with zero attached hydrogens (tertiary/aromatic N) is 2. The van der Waals surface area contributed by atoms with Gasteiger partial charge in [-0.25, -0.2) is 0 Å². The number of methoxy groups -OCH3 is 2. The number of hydrogen-bond acceptors (Lipinski definition) is 3. The van der Waals surface area contributed by atoms with E-state index in [0.717, 1.165) is 34.7 Å². The maximum Gasteiger partial charge on any atom is 0.168 e. The molecule has 2 aromatic rings. The van der Waals surface area contributed by atoms with Gasteiger partial charge in [0.2, 0.25) is 0 Å². The Balaban J connectivity index is 2.62. The van der Waals surface area contributed by atoms with Crippen LogP contribution in [0.2, 0.25) is 0 Å². The predicted molar refractivity (Wildman–Crippen MR) is 71.1 cm³/mol. The lowest BCUT2D eigenvalue weighted by Gasteiger charge is -2.12. The largest absolute Gasteiger partial charge is 0.493 e. The average molecular weight is 246 g/mol. The Labute approximate surface area is 107 Å². The van der Waals surface area contributed by atoms with Crippen LogP contribution in [-0.2, 0) is 13.5 Å². The Morgan fingerprint density at radius 3 is 2.56 bits per heavy atom. The zero-order chi connectivity index (χ0) is 13.1. The number of para-hydroxylation sites is 1. The van der Waals surface area contributed by atoms with Crippen LogP contribution < -0.4 is 9.47 Å². The maximum atomic E-state index is 5.47. The van der Waals surface area contributed by atoms with Crippen LogP contribution in [0.5, 0.6) is 11.5 Å². The van der Waals surface area contributed by atoms with Crippen LogP contribution in [0.4, 0.5) is 0 Å². The molecule has 18 heavy (non-hydrogen) atoms. The number of benzene rings is 1. The van der Waals surface area contributed by atoms with Crippen molar-refractivity contribution in [1.82, 2.24) is 9.78 Å². The van der Waals surface area contributed by atoms with E-state index in [2.05, 4.69) is 12.0 Å². The summed E-state index contributed by atoms with van der Waals surface area (Å²) in [5.41, 5.74) is 3.17. The van der Waals surface area contributed by atoms with Crippen molar-refractivity contribution < 1.29 is 9.47 Å². The van der Waals surface area contributed by atoms with Gasteiger partial charge in [0.05, 0.1) is 19.9 Å².